The summed E-state index contributed by atoms with van der Waals surface area (Å²) < 4.78 is 11.4. The van der Waals surface area contributed by atoms with Gasteiger partial charge in [-0.05, 0) is 12.6 Å². The number of epoxide rings is 1. The van der Waals surface area contributed by atoms with Crippen LogP contribution in [-0.4, -0.2) is 60.0 Å². The number of carbonyl (C=O) groups excluding carboxylic acids is 1. The van der Waals surface area contributed by atoms with Crippen molar-refractivity contribution < 1.29 is 19.4 Å². The molecule has 0 aromatic heterocycles. The molecule has 22 heavy (non-hydrogen) atoms. The molecule has 0 aliphatic carbocycles. The summed E-state index contributed by atoms with van der Waals surface area (Å²) in [6.45, 7) is -0.226. The van der Waals surface area contributed by atoms with Crippen molar-refractivity contribution in [1.29, 1.82) is 0 Å². The molecule has 1 unspecified atom stereocenters. The van der Waals surface area contributed by atoms with Gasteiger partial charge in [-0.15, -0.1) is 0 Å². The molecule has 1 aromatic rings. The number of likely N-dealkylation sites (N-methyl/N-ethyl adjacent to an activating group) is 1. The van der Waals surface area contributed by atoms with E-state index in [1.165, 1.54) is 0 Å². The van der Waals surface area contributed by atoms with E-state index in [0.29, 0.717) is 24.3 Å². The molecule has 5 nitrogen and oxygen atoms in total. The molecule has 3 fully saturated rings. The molecule has 1 aromatic carbocycles. The molecule has 2 bridgehead atoms. The van der Waals surface area contributed by atoms with E-state index in [2.05, 4.69) is 11.9 Å². The number of aliphatic hydroxyl groups is 1. The van der Waals surface area contributed by atoms with Gasteiger partial charge in [0, 0.05) is 24.9 Å². The molecule has 0 amide bonds. The van der Waals surface area contributed by atoms with Crippen molar-refractivity contribution in [3.63, 3.8) is 0 Å². The highest BCUT2D eigenvalue weighted by atomic mass is 16.6. The molecule has 118 valence electrons. The van der Waals surface area contributed by atoms with Crippen LogP contribution in [0.1, 0.15) is 24.3 Å². The summed E-state index contributed by atoms with van der Waals surface area (Å²) in [5, 5.41) is 9.56. The van der Waals surface area contributed by atoms with Crippen LogP contribution < -0.4 is 0 Å². The van der Waals surface area contributed by atoms with E-state index in [4.69, 9.17) is 9.47 Å². The van der Waals surface area contributed by atoms with E-state index in [9.17, 15) is 9.90 Å². The van der Waals surface area contributed by atoms with Crippen LogP contribution in [0, 0.1) is 0 Å². The third-order valence-electron chi connectivity index (χ3n) is 5.33. The second-order valence-corrected chi connectivity index (χ2v) is 6.54. The number of hydrogen-bond acceptors (Lipinski definition) is 5. The highest BCUT2D eigenvalue weighted by Crippen LogP contribution is 2.48. The number of esters is 1. The Morgan fingerprint density at radius 2 is 1.95 bits per heavy atom. The summed E-state index contributed by atoms with van der Waals surface area (Å²) in [4.78, 5) is 14.8. The van der Waals surface area contributed by atoms with Crippen molar-refractivity contribution in [3.05, 3.63) is 35.9 Å². The predicted octanol–water partition coefficient (Wildman–Crippen LogP) is 0.918. The van der Waals surface area contributed by atoms with Crippen LogP contribution in [0.25, 0.3) is 0 Å². The average molecular weight is 303 g/mol. The predicted molar refractivity (Wildman–Crippen MR) is 79.4 cm³/mol. The van der Waals surface area contributed by atoms with Crippen molar-refractivity contribution >= 4 is 5.97 Å². The number of piperidine rings is 1. The first-order chi connectivity index (χ1) is 10.7. The molecule has 0 radical (unpaired) electrons. The van der Waals surface area contributed by atoms with Crippen molar-refractivity contribution in [2.45, 2.75) is 49.2 Å². The van der Waals surface area contributed by atoms with E-state index in [0.717, 1.165) is 18.4 Å². The van der Waals surface area contributed by atoms with Gasteiger partial charge >= 0.3 is 5.97 Å². The number of ether oxygens (including phenoxy) is 2. The normalized spacial score (nSPS) is 37.5. The van der Waals surface area contributed by atoms with Gasteiger partial charge < -0.3 is 14.6 Å². The number of carbonyl (C=O) groups is 1. The van der Waals surface area contributed by atoms with Crippen molar-refractivity contribution in [2.75, 3.05) is 13.7 Å². The van der Waals surface area contributed by atoms with Crippen LogP contribution in [0.3, 0.4) is 0 Å². The van der Waals surface area contributed by atoms with Gasteiger partial charge in [0.1, 0.15) is 24.2 Å². The standard InChI is InChI=1S/C17H21NO4/c1-18-13-7-11(8-14(18)16-15(13)22-16)21-17(20)12(9-19)10-5-3-2-4-6-10/h2-6,11-16,19H,7-9H2,1H3/t11?,12-,13+,14+,15-,16+/m1/s1. The van der Waals surface area contributed by atoms with E-state index < -0.39 is 5.92 Å². The molecular formula is C17H21NO4. The number of fused-ring (bicyclic) bond motifs is 5. The molecule has 6 atom stereocenters. The average Bonchev–Trinajstić information content (AvgIpc) is 3.27. The summed E-state index contributed by atoms with van der Waals surface area (Å²) in [5.74, 6) is -0.915. The molecule has 4 rings (SSSR count). The largest absolute Gasteiger partial charge is 0.462 e. The van der Waals surface area contributed by atoms with Gasteiger partial charge in [-0.1, -0.05) is 30.3 Å². The number of rotatable bonds is 4. The maximum Gasteiger partial charge on any atom is 0.316 e. The lowest BCUT2D eigenvalue weighted by molar-refractivity contribution is -0.156. The fourth-order valence-corrected chi connectivity index (χ4v) is 4.04. The Morgan fingerprint density at radius 3 is 2.55 bits per heavy atom. The van der Waals surface area contributed by atoms with Crippen LogP contribution in [-0.2, 0) is 14.3 Å². The summed E-state index contributed by atoms with van der Waals surface area (Å²) in [6, 6.07) is 10.1. The summed E-state index contributed by atoms with van der Waals surface area (Å²) in [7, 11) is 2.13. The molecule has 5 heteroatoms. The quantitative estimate of drug-likeness (QED) is 0.662. The minimum atomic E-state index is -0.593. The van der Waals surface area contributed by atoms with Crippen molar-refractivity contribution in [3.8, 4) is 0 Å². The van der Waals surface area contributed by atoms with Crippen LogP contribution in [0.5, 0.6) is 0 Å². The number of morpholine rings is 1. The Kier molecular flexibility index (Phi) is 3.44. The maximum atomic E-state index is 12.4. The first-order valence-corrected chi connectivity index (χ1v) is 7.92. The first-order valence-electron chi connectivity index (χ1n) is 7.92. The Bertz CT molecular complexity index is 545. The number of hydrogen-bond donors (Lipinski definition) is 1. The fraction of sp³-hybridized carbons (Fsp3) is 0.588. The van der Waals surface area contributed by atoms with Crippen LogP contribution in [0.4, 0.5) is 0 Å². The number of aliphatic hydroxyl groups excluding tert-OH is 1. The Balaban J connectivity index is 1.42. The Morgan fingerprint density at radius 1 is 1.32 bits per heavy atom. The Labute approximate surface area is 129 Å². The van der Waals surface area contributed by atoms with E-state index in [1.807, 2.05) is 30.3 Å². The lowest BCUT2D eigenvalue weighted by Gasteiger charge is -2.38. The lowest BCUT2D eigenvalue weighted by atomic mass is 9.97. The van der Waals surface area contributed by atoms with Crippen molar-refractivity contribution in [2.24, 2.45) is 0 Å². The molecule has 3 aliphatic heterocycles. The molecule has 1 N–H and O–H groups in total. The summed E-state index contributed by atoms with van der Waals surface area (Å²) in [5.41, 5.74) is 0.803. The van der Waals surface area contributed by atoms with Gasteiger partial charge in [0.25, 0.3) is 0 Å². The monoisotopic (exact) mass is 303 g/mol. The second-order valence-electron chi connectivity index (χ2n) is 6.54. The highest BCUT2D eigenvalue weighted by Gasteiger charge is 2.62. The molecule has 3 saturated heterocycles. The minimum absolute atomic E-state index is 0.0622. The number of benzene rings is 1. The van der Waals surface area contributed by atoms with E-state index in [1.54, 1.807) is 0 Å². The smallest absolute Gasteiger partial charge is 0.316 e. The van der Waals surface area contributed by atoms with Crippen molar-refractivity contribution in [1.82, 2.24) is 4.90 Å². The van der Waals surface area contributed by atoms with Gasteiger partial charge in [0.05, 0.1) is 6.61 Å². The zero-order chi connectivity index (χ0) is 15.3. The molecule has 0 saturated carbocycles. The molecular weight excluding hydrogens is 282 g/mol. The van der Waals surface area contributed by atoms with Gasteiger partial charge in [0.15, 0.2) is 0 Å². The number of nitrogens with zero attached hydrogens (tertiary/aromatic N) is 1. The maximum absolute atomic E-state index is 12.4. The minimum Gasteiger partial charge on any atom is -0.462 e. The zero-order valence-corrected chi connectivity index (χ0v) is 12.6. The third-order valence-corrected chi connectivity index (χ3v) is 5.33. The zero-order valence-electron chi connectivity index (χ0n) is 12.6. The molecule has 3 heterocycles. The van der Waals surface area contributed by atoms with Gasteiger partial charge in [-0.25, -0.2) is 0 Å². The van der Waals surface area contributed by atoms with Crippen LogP contribution in [0.2, 0.25) is 0 Å². The van der Waals surface area contributed by atoms with Gasteiger partial charge in [-0.3, -0.25) is 9.69 Å². The summed E-state index contributed by atoms with van der Waals surface area (Å²) in [6.07, 6.45) is 2.26. The fourth-order valence-electron chi connectivity index (χ4n) is 4.04. The molecule has 3 aliphatic rings. The SMILES string of the molecule is CN1[C@H]2CC(OC(=O)[C@H](CO)c3ccccc3)C[C@H]1[C@H]1O[C@H]12. The van der Waals surface area contributed by atoms with Gasteiger partial charge in [-0.2, -0.15) is 0 Å². The summed E-state index contributed by atoms with van der Waals surface area (Å²) >= 11 is 0. The molecule has 0 spiro atoms. The topological polar surface area (TPSA) is 62.3 Å². The van der Waals surface area contributed by atoms with Crippen LogP contribution in [0.15, 0.2) is 30.3 Å². The van der Waals surface area contributed by atoms with E-state index in [-0.39, 0.29) is 18.7 Å². The van der Waals surface area contributed by atoms with Gasteiger partial charge in [0.2, 0.25) is 0 Å². The van der Waals surface area contributed by atoms with Crippen LogP contribution >= 0.6 is 0 Å². The highest BCUT2D eigenvalue weighted by molar-refractivity contribution is 5.78. The lowest BCUT2D eigenvalue weighted by Crippen LogP contribution is -2.48. The Hall–Kier alpha value is -1.43. The first kappa shape index (κ1) is 14.2. The third kappa shape index (κ3) is 2.24. The van der Waals surface area contributed by atoms with E-state index >= 15 is 0 Å². The second kappa shape index (κ2) is 5.33.